The van der Waals surface area contributed by atoms with Crippen LogP contribution < -0.4 is 5.43 Å². The molecule has 128 valence electrons. The Balaban J connectivity index is 1.47. The van der Waals surface area contributed by atoms with Crippen molar-refractivity contribution in [2.75, 3.05) is 25.1 Å². The third-order valence-electron chi connectivity index (χ3n) is 4.27. The predicted octanol–water partition coefficient (Wildman–Crippen LogP) is 3.43. The van der Waals surface area contributed by atoms with E-state index in [2.05, 4.69) is 10.4 Å². The Morgan fingerprint density at radius 2 is 2.00 bits per heavy atom. The average molecular weight is 357 g/mol. The monoisotopic (exact) mass is 356 g/mol. The Hall–Kier alpha value is -2.57. The van der Waals surface area contributed by atoms with Crippen LogP contribution in [0.1, 0.15) is 11.7 Å². The van der Waals surface area contributed by atoms with Crippen molar-refractivity contribution in [1.82, 2.24) is 14.6 Å². The molecule has 0 aliphatic carbocycles. The fourth-order valence-corrected chi connectivity index (χ4v) is 3.06. The zero-order valence-corrected chi connectivity index (χ0v) is 14.2. The van der Waals surface area contributed by atoms with Crippen LogP contribution in [0, 0.1) is 0 Å². The van der Waals surface area contributed by atoms with Crippen LogP contribution in [0.25, 0.3) is 11.0 Å². The van der Waals surface area contributed by atoms with Gasteiger partial charge in [0.1, 0.15) is 12.4 Å². The lowest BCUT2D eigenvalue weighted by Gasteiger charge is -2.33. The Bertz CT molecular complexity index is 893. The van der Waals surface area contributed by atoms with E-state index in [9.17, 15) is 4.79 Å². The maximum absolute atomic E-state index is 12.6. The first kappa shape index (κ1) is 15.9. The highest BCUT2D eigenvalue weighted by Gasteiger charge is 2.25. The van der Waals surface area contributed by atoms with Crippen molar-refractivity contribution in [3.05, 3.63) is 65.4 Å². The number of carbonyl (C=O) groups excluding carboxylic acids is 1. The second kappa shape index (κ2) is 6.74. The SMILES string of the molecule is O=C(Nn1cnc2ccccc21)N1CCOC(c2ccc(Cl)cc2)C1. The highest BCUT2D eigenvalue weighted by molar-refractivity contribution is 6.30. The van der Waals surface area contributed by atoms with Gasteiger partial charge in [0.2, 0.25) is 0 Å². The molecule has 2 aromatic carbocycles. The second-order valence-corrected chi connectivity index (χ2v) is 6.31. The van der Waals surface area contributed by atoms with Gasteiger partial charge in [-0.25, -0.2) is 19.9 Å². The van der Waals surface area contributed by atoms with Gasteiger partial charge < -0.3 is 9.64 Å². The number of fused-ring (bicyclic) bond motifs is 1. The van der Waals surface area contributed by atoms with Gasteiger partial charge >= 0.3 is 6.03 Å². The Morgan fingerprint density at radius 3 is 2.84 bits per heavy atom. The molecule has 1 N–H and O–H groups in total. The van der Waals surface area contributed by atoms with Gasteiger partial charge in [-0.3, -0.25) is 0 Å². The van der Waals surface area contributed by atoms with Crippen LogP contribution in [-0.2, 0) is 4.74 Å². The normalized spacial score (nSPS) is 17.6. The molecule has 1 fully saturated rings. The van der Waals surface area contributed by atoms with E-state index in [-0.39, 0.29) is 12.1 Å². The number of nitrogens with zero attached hydrogens (tertiary/aromatic N) is 3. The quantitative estimate of drug-likeness (QED) is 0.765. The molecule has 0 radical (unpaired) electrons. The molecule has 1 aromatic heterocycles. The molecule has 1 aliphatic rings. The van der Waals surface area contributed by atoms with E-state index in [1.165, 1.54) is 0 Å². The Morgan fingerprint density at radius 1 is 1.20 bits per heavy atom. The topological polar surface area (TPSA) is 59.4 Å². The highest BCUT2D eigenvalue weighted by atomic mass is 35.5. The van der Waals surface area contributed by atoms with Gasteiger partial charge in [-0.05, 0) is 29.8 Å². The Labute approximate surface area is 149 Å². The van der Waals surface area contributed by atoms with E-state index in [1.54, 1.807) is 15.9 Å². The van der Waals surface area contributed by atoms with Gasteiger partial charge in [0.25, 0.3) is 0 Å². The van der Waals surface area contributed by atoms with Gasteiger partial charge in [0.05, 0.1) is 24.2 Å². The summed E-state index contributed by atoms with van der Waals surface area (Å²) in [6.45, 7) is 1.52. The molecule has 6 nitrogen and oxygen atoms in total. The largest absolute Gasteiger partial charge is 0.370 e. The van der Waals surface area contributed by atoms with E-state index in [0.717, 1.165) is 16.6 Å². The summed E-state index contributed by atoms with van der Waals surface area (Å²) in [6.07, 6.45) is 1.45. The van der Waals surface area contributed by atoms with Gasteiger partial charge in [0, 0.05) is 11.6 Å². The van der Waals surface area contributed by atoms with E-state index < -0.39 is 0 Å². The minimum absolute atomic E-state index is 0.156. The number of carbonyl (C=O) groups is 1. The summed E-state index contributed by atoms with van der Waals surface area (Å²) in [5, 5.41) is 0.682. The molecular weight excluding hydrogens is 340 g/mol. The Kier molecular flexibility index (Phi) is 4.29. The molecule has 2 heterocycles. The van der Waals surface area contributed by atoms with Gasteiger partial charge in [0.15, 0.2) is 0 Å². The fourth-order valence-electron chi connectivity index (χ4n) is 2.93. The third-order valence-corrected chi connectivity index (χ3v) is 4.52. The molecule has 1 unspecified atom stereocenters. The number of amides is 2. The van der Waals surface area contributed by atoms with Gasteiger partial charge in [-0.15, -0.1) is 0 Å². The highest BCUT2D eigenvalue weighted by Crippen LogP contribution is 2.24. The number of imidazole rings is 1. The van der Waals surface area contributed by atoms with Crippen LogP contribution >= 0.6 is 11.6 Å². The molecule has 3 aromatic rings. The van der Waals surface area contributed by atoms with Crippen molar-refractivity contribution in [3.63, 3.8) is 0 Å². The number of benzene rings is 2. The molecular formula is C18H17ClN4O2. The summed E-state index contributed by atoms with van der Waals surface area (Å²) in [5.74, 6) is 0. The van der Waals surface area contributed by atoms with Gasteiger partial charge in [-0.1, -0.05) is 35.9 Å². The fraction of sp³-hybridized carbons (Fsp3) is 0.222. The summed E-state index contributed by atoms with van der Waals surface area (Å²) in [6, 6.07) is 15.0. The summed E-state index contributed by atoms with van der Waals surface area (Å²) in [5.41, 5.74) is 5.59. The summed E-state index contributed by atoms with van der Waals surface area (Å²) >= 11 is 5.93. The molecule has 25 heavy (non-hydrogen) atoms. The summed E-state index contributed by atoms with van der Waals surface area (Å²) in [7, 11) is 0. The number of nitrogens with one attached hydrogen (secondary N) is 1. The number of aromatic nitrogens is 2. The van der Waals surface area contributed by atoms with Crippen molar-refractivity contribution in [2.45, 2.75) is 6.10 Å². The maximum Gasteiger partial charge on any atom is 0.336 e. The number of morpholine rings is 1. The molecule has 4 rings (SSSR count). The van der Waals surface area contributed by atoms with E-state index in [0.29, 0.717) is 24.7 Å². The first-order chi connectivity index (χ1) is 12.2. The minimum atomic E-state index is -0.176. The first-order valence-electron chi connectivity index (χ1n) is 8.06. The summed E-state index contributed by atoms with van der Waals surface area (Å²) < 4.78 is 7.45. The zero-order valence-electron chi connectivity index (χ0n) is 13.4. The lowest BCUT2D eigenvalue weighted by atomic mass is 10.1. The third kappa shape index (κ3) is 3.31. The molecule has 2 amide bonds. The van der Waals surface area contributed by atoms with E-state index >= 15 is 0 Å². The predicted molar refractivity (Wildman–Crippen MR) is 96.2 cm³/mol. The molecule has 0 saturated carbocycles. The van der Waals surface area contributed by atoms with Crippen molar-refractivity contribution < 1.29 is 9.53 Å². The van der Waals surface area contributed by atoms with Crippen LogP contribution in [0.3, 0.4) is 0 Å². The van der Waals surface area contributed by atoms with Crippen LogP contribution in [0.15, 0.2) is 54.9 Å². The minimum Gasteiger partial charge on any atom is -0.370 e. The lowest BCUT2D eigenvalue weighted by molar-refractivity contribution is -0.0138. The number of urea groups is 1. The molecule has 7 heteroatoms. The molecule has 1 saturated heterocycles. The molecule has 1 atom stereocenters. The van der Waals surface area contributed by atoms with Crippen molar-refractivity contribution in [3.8, 4) is 0 Å². The number of halogens is 1. The van der Waals surface area contributed by atoms with Crippen LogP contribution in [0.4, 0.5) is 4.79 Å². The number of ether oxygens (including phenoxy) is 1. The summed E-state index contributed by atoms with van der Waals surface area (Å²) in [4.78, 5) is 18.7. The number of rotatable bonds is 2. The van der Waals surface area contributed by atoms with Crippen LogP contribution in [0.2, 0.25) is 5.02 Å². The number of hydrogen-bond donors (Lipinski definition) is 1. The standard InChI is InChI=1S/C18H17ClN4O2/c19-14-7-5-13(6-8-14)17-11-22(9-10-25-17)18(24)21-23-12-20-15-3-1-2-4-16(15)23/h1-8,12,17H,9-11H2,(H,21,24). The van der Waals surface area contributed by atoms with Crippen LogP contribution in [0.5, 0.6) is 0 Å². The first-order valence-corrected chi connectivity index (χ1v) is 8.43. The van der Waals surface area contributed by atoms with Crippen molar-refractivity contribution in [1.29, 1.82) is 0 Å². The molecule has 1 aliphatic heterocycles. The van der Waals surface area contributed by atoms with Crippen molar-refractivity contribution >= 4 is 28.7 Å². The number of para-hydroxylation sites is 2. The van der Waals surface area contributed by atoms with Gasteiger partial charge in [-0.2, -0.15) is 0 Å². The van der Waals surface area contributed by atoms with Crippen molar-refractivity contribution in [2.24, 2.45) is 0 Å². The lowest BCUT2D eigenvalue weighted by Crippen LogP contribution is -2.46. The molecule has 0 spiro atoms. The number of hydrogen-bond acceptors (Lipinski definition) is 3. The zero-order chi connectivity index (χ0) is 17.2. The molecule has 0 bridgehead atoms. The maximum atomic E-state index is 12.6. The second-order valence-electron chi connectivity index (χ2n) is 5.88. The van der Waals surface area contributed by atoms with E-state index in [4.69, 9.17) is 16.3 Å². The smallest absolute Gasteiger partial charge is 0.336 e. The van der Waals surface area contributed by atoms with Crippen LogP contribution in [-0.4, -0.2) is 40.3 Å². The average Bonchev–Trinajstić information content (AvgIpc) is 3.05. The van der Waals surface area contributed by atoms with E-state index in [1.807, 2.05) is 48.5 Å².